The molecular weight excluding hydrogens is 349 g/mol. The Hall–Kier alpha value is 0.960. The monoisotopic (exact) mass is 404 g/mol. The molecule has 0 aliphatic heterocycles. The van der Waals surface area contributed by atoms with Crippen molar-refractivity contribution in [2.45, 2.75) is 151 Å². The van der Waals surface area contributed by atoms with E-state index in [1.165, 1.54) is 89.9 Å². The van der Waals surface area contributed by atoms with Crippen molar-refractivity contribution in [3.63, 3.8) is 0 Å². The van der Waals surface area contributed by atoms with Gasteiger partial charge in [-0.3, -0.25) is 0 Å². The predicted octanol–water partition coefficient (Wildman–Crippen LogP) is 8.53. The van der Waals surface area contributed by atoms with Crippen LogP contribution in [-0.2, 0) is 0 Å². The second kappa shape index (κ2) is 16.6. The van der Waals surface area contributed by atoms with Gasteiger partial charge in [-0.25, -0.2) is 0 Å². The Kier molecular flexibility index (Phi) is 18.5. The fourth-order valence-corrected chi connectivity index (χ4v) is 4.21. The van der Waals surface area contributed by atoms with Crippen LogP contribution in [-0.4, -0.2) is 41.6 Å². The second-order valence-electron chi connectivity index (χ2n) is 10.7. The Morgan fingerprint density at radius 2 is 0.929 bits per heavy atom. The molecule has 0 saturated carbocycles. The van der Waals surface area contributed by atoms with Crippen molar-refractivity contribution in [1.29, 1.82) is 0 Å². The molecule has 165 valence electrons. The third-order valence-corrected chi connectivity index (χ3v) is 7.76. The van der Waals surface area contributed by atoms with E-state index < -0.39 is 0 Å². The van der Waals surface area contributed by atoms with Crippen LogP contribution in [0.5, 0.6) is 0 Å². The standard InChI is InChI=1S/C26H55N.Na/c1-9-11-13-15-16-17-19-21-23-27-26(7,8)25(5,6)24(3,4)22-20-18-14-12-10-2;/h27H,9-23H2,1-8H3;. The van der Waals surface area contributed by atoms with Crippen molar-refractivity contribution in [2.75, 3.05) is 6.54 Å². The van der Waals surface area contributed by atoms with Gasteiger partial charge in [-0.2, -0.15) is 0 Å². The molecule has 0 aliphatic carbocycles. The van der Waals surface area contributed by atoms with Gasteiger partial charge in [0.15, 0.2) is 0 Å². The first-order chi connectivity index (χ1) is 12.6. The average Bonchev–Trinajstić information content (AvgIpc) is 2.59. The van der Waals surface area contributed by atoms with Crippen LogP contribution in [0.15, 0.2) is 0 Å². The van der Waals surface area contributed by atoms with Crippen LogP contribution in [0.4, 0.5) is 0 Å². The molecule has 2 heteroatoms. The molecule has 1 nitrogen and oxygen atoms in total. The van der Waals surface area contributed by atoms with Crippen LogP contribution in [0.1, 0.15) is 145 Å². The molecule has 0 aromatic rings. The minimum Gasteiger partial charge on any atom is -0.311 e. The molecule has 0 atom stereocenters. The zero-order chi connectivity index (χ0) is 20.8. The first-order valence-corrected chi connectivity index (χ1v) is 12.4. The van der Waals surface area contributed by atoms with Gasteiger partial charge in [-0.05, 0) is 44.1 Å². The molecule has 0 unspecified atom stereocenters. The van der Waals surface area contributed by atoms with Crippen LogP contribution in [0.25, 0.3) is 0 Å². The Bertz CT molecular complexity index is 346. The summed E-state index contributed by atoms with van der Waals surface area (Å²) in [5.74, 6) is 0. The maximum Gasteiger partial charge on any atom is 0.0181 e. The van der Waals surface area contributed by atoms with Gasteiger partial charge in [0.1, 0.15) is 0 Å². The van der Waals surface area contributed by atoms with E-state index in [9.17, 15) is 0 Å². The molecule has 0 bridgehead atoms. The Morgan fingerprint density at radius 3 is 1.39 bits per heavy atom. The summed E-state index contributed by atoms with van der Waals surface area (Å²) < 4.78 is 0. The van der Waals surface area contributed by atoms with Crippen molar-refractivity contribution >= 4 is 29.6 Å². The van der Waals surface area contributed by atoms with E-state index in [1.54, 1.807) is 0 Å². The van der Waals surface area contributed by atoms with Crippen molar-refractivity contribution < 1.29 is 0 Å². The fourth-order valence-electron chi connectivity index (χ4n) is 4.21. The van der Waals surface area contributed by atoms with E-state index >= 15 is 0 Å². The molecular formula is C26H55NNa. The smallest absolute Gasteiger partial charge is 0.0181 e. The van der Waals surface area contributed by atoms with Crippen molar-refractivity contribution in [3.8, 4) is 0 Å². The Balaban J connectivity index is 0. The number of nitrogens with one attached hydrogen (secondary N) is 1. The Labute approximate surface area is 202 Å². The summed E-state index contributed by atoms with van der Waals surface area (Å²) >= 11 is 0. The summed E-state index contributed by atoms with van der Waals surface area (Å²) in [6.45, 7) is 20.6. The maximum absolute atomic E-state index is 3.93. The zero-order valence-electron chi connectivity index (χ0n) is 21.6. The van der Waals surface area contributed by atoms with Gasteiger partial charge in [-0.1, -0.05) is 119 Å². The van der Waals surface area contributed by atoms with Gasteiger partial charge in [0.25, 0.3) is 0 Å². The van der Waals surface area contributed by atoms with E-state index in [2.05, 4.69) is 60.7 Å². The average molecular weight is 405 g/mol. The summed E-state index contributed by atoms with van der Waals surface area (Å²) in [7, 11) is 0. The summed E-state index contributed by atoms with van der Waals surface area (Å²) in [5.41, 5.74) is 0.793. The first kappa shape index (κ1) is 31.1. The predicted molar refractivity (Wildman–Crippen MR) is 131 cm³/mol. The molecule has 0 rings (SSSR count). The van der Waals surface area contributed by atoms with E-state index in [4.69, 9.17) is 0 Å². The number of rotatable bonds is 18. The molecule has 0 aromatic carbocycles. The minimum absolute atomic E-state index is 0. The van der Waals surface area contributed by atoms with Crippen molar-refractivity contribution in [3.05, 3.63) is 0 Å². The molecule has 0 amide bonds. The van der Waals surface area contributed by atoms with E-state index in [0.29, 0.717) is 5.41 Å². The molecule has 0 spiro atoms. The van der Waals surface area contributed by atoms with Gasteiger partial charge in [0.05, 0.1) is 0 Å². The number of hydrogen-bond acceptors (Lipinski definition) is 1. The second-order valence-corrected chi connectivity index (χ2v) is 10.7. The summed E-state index contributed by atoms with van der Waals surface area (Å²) in [6, 6.07) is 0. The molecule has 28 heavy (non-hydrogen) atoms. The van der Waals surface area contributed by atoms with Crippen LogP contribution in [0, 0.1) is 10.8 Å². The Morgan fingerprint density at radius 1 is 0.536 bits per heavy atom. The molecule has 0 aliphatic rings. The van der Waals surface area contributed by atoms with Gasteiger partial charge >= 0.3 is 0 Å². The molecule has 0 heterocycles. The summed E-state index contributed by atoms with van der Waals surface area (Å²) in [6.07, 6.45) is 19.5. The summed E-state index contributed by atoms with van der Waals surface area (Å²) in [4.78, 5) is 0. The van der Waals surface area contributed by atoms with Crippen molar-refractivity contribution in [2.24, 2.45) is 10.8 Å². The molecule has 0 aromatic heterocycles. The molecule has 1 radical (unpaired) electrons. The largest absolute Gasteiger partial charge is 0.311 e. The topological polar surface area (TPSA) is 12.0 Å². The SMILES string of the molecule is CCCCCCCCCCNC(C)(C)C(C)(C)C(C)(C)CCCCCCC.[Na]. The number of unbranched alkanes of at least 4 members (excludes halogenated alkanes) is 11. The van der Waals surface area contributed by atoms with Gasteiger partial charge < -0.3 is 5.32 Å². The normalized spacial score (nSPS) is 12.9. The van der Waals surface area contributed by atoms with Crippen LogP contribution in [0.3, 0.4) is 0 Å². The maximum atomic E-state index is 3.93. The third-order valence-electron chi connectivity index (χ3n) is 7.76. The molecule has 1 N–H and O–H groups in total. The van der Waals surface area contributed by atoms with Gasteiger partial charge in [0, 0.05) is 35.1 Å². The van der Waals surface area contributed by atoms with E-state index in [0.717, 1.165) is 6.54 Å². The van der Waals surface area contributed by atoms with Crippen LogP contribution < -0.4 is 5.32 Å². The fraction of sp³-hybridized carbons (Fsp3) is 1.00. The van der Waals surface area contributed by atoms with E-state index in [1.807, 2.05) is 0 Å². The first-order valence-electron chi connectivity index (χ1n) is 12.4. The molecule has 0 saturated heterocycles. The van der Waals surface area contributed by atoms with Crippen LogP contribution >= 0.6 is 0 Å². The number of hydrogen-bond donors (Lipinski definition) is 1. The summed E-state index contributed by atoms with van der Waals surface area (Å²) in [5, 5.41) is 3.93. The van der Waals surface area contributed by atoms with Gasteiger partial charge in [0.2, 0.25) is 0 Å². The molecule has 0 fully saturated rings. The minimum atomic E-state index is 0. The quantitative estimate of drug-likeness (QED) is 0.178. The van der Waals surface area contributed by atoms with Gasteiger partial charge in [-0.15, -0.1) is 0 Å². The van der Waals surface area contributed by atoms with Crippen molar-refractivity contribution in [1.82, 2.24) is 5.32 Å². The zero-order valence-corrected chi connectivity index (χ0v) is 23.6. The van der Waals surface area contributed by atoms with E-state index in [-0.39, 0.29) is 40.5 Å². The third kappa shape index (κ3) is 12.0. The van der Waals surface area contributed by atoms with Crippen LogP contribution in [0.2, 0.25) is 0 Å².